The van der Waals surface area contributed by atoms with Crippen molar-refractivity contribution in [2.24, 2.45) is 0 Å². The number of hydrogen-bond acceptors (Lipinski definition) is 3. The molecule has 0 saturated carbocycles. The van der Waals surface area contributed by atoms with Crippen LogP contribution in [0.2, 0.25) is 0 Å². The lowest BCUT2D eigenvalue weighted by molar-refractivity contribution is 0.103. The van der Waals surface area contributed by atoms with E-state index in [9.17, 15) is 4.79 Å². The van der Waals surface area contributed by atoms with Gasteiger partial charge in [-0.3, -0.25) is 4.79 Å². The molecule has 0 amide bonds. The smallest absolute Gasteiger partial charge is 0.193 e. The maximum Gasteiger partial charge on any atom is 0.193 e. The quantitative estimate of drug-likeness (QED) is 0.518. The highest BCUT2D eigenvalue weighted by Crippen LogP contribution is 2.27. The monoisotopic (exact) mass is 412 g/mol. The van der Waals surface area contributed by atoms with E-state index in [1.165, 1.54) is 0 Å². The fourth-order valence-corrected chi connectivity index (χ4v) is 2.47. The minimum atomic E-state index is -0.0367. The molecule has 21 heavy (non-hydrogen) atoms. The van der Waals surface area contributed by atoms with Crippen molar-refractivity contribution in [3.8, 4) is 11.5 Å². The number of ether oxygens (including phenoxy) is 2. The maximum atomic E-state index is 12.4. The molecule has 0 N–H and O–H groups in total. The zero-order valence-electron chi connectivity index (χ0n) is 11.4. The second-order valence-electron chi connectivity index (χ2n) is 4.24. The average Bonchev–Trinajstić information content (AvgIpc) is 2.53. The van der Waals surface area contributed by atoms with Crippen LogP contribution in [0.3, 0.4) is 0 Å². The molecule has 2 aromatic carbocycles. The summed E-state index contributed by atoms with van der Waals surface area (Å²) in [4.78, 5) is 12.4. The van der Waals surface area contributed by atoms with Crippen LogP contribution in [0.4, 0.5) is 0 Å². The van der Waals surface area contributed by atoms with Gasteiger partial charge in [0, 0.05) is 16.5 Å². The van der Waals surface area contributed by atoms with E-state index in [2.05, 4.69) is 31.9 Å². The minimum absolute atomic E-state index is 0.0367. The van der Waals surface area contributed by atoms with Crippen molar-refractivity contribution in [1.82, 2.24) is 0 Å². The van der Waals surface area contributed by atoms with Gasteiger partial charge in [-0.15, -0.1) is 0 Å². The molecule has 0 aromatic heterocycles. The first-order chi connectivity index (χ1) is 10.2. The van der Waals surface area contributed by atoms with Gasteiger partial charge in [0.15, 0.2) is 5.78 Å². The van der Waals surface area contributed by atoms with Crippen molar-refractivity contribution in [2.45, 2.75) is 0 Å². The number of halogens is 2. The van der Waals surface area contributed by atoms with Crippen LogP contribution in [-0.4, -0.2) is 24.8 Å². The Bertz CT molecular complexity index is 624. The van der Waals surface area contributed by atoms with Crippen LogP contribution in [-0.2, 0) is 0 Å². The van der Waals surface area contributed by atoms with Gasteiger partial charge in [-0.1, -0.05) is 15.9 Å². The van der Waals surface area contributed by atoms with Gasteiger partial charge in [0.05, 0.1) is 18.2 Å². The largest absolute Gasteiger partial charge is 0.497 e. The fraction of sp³-hybridized carbons (Fsp3) is 0.188. The number of ketones is 1. The Morgan fingerprint density at radius 3 is 2.33 bits per heavy atom. The van der Waals surface area contributed by atoms with Crippen LogP contribution < -0.4 is 9.47 Å². The first kappa shape index (κ1) is 16.0. The molecule has 5 heteroatoms. The van der Waals surface area contributed by atoms with E-state index in [4.69, 9.17) is 9.47 Å². The van der Waals surface area contributed by atoms with Crippen molar-refractivity contribution in [3.63, 3.8) is 0 Å². The number of carbonyl (C=O) groups is 1. The van der Waals surface area contributed by atoms with Crippen molar-refractivity contribution in [1.29, 1.82) is 0 Å². The summed E-state index contributed by atoms with van der Waals surface area (Å²) in [6.45, 7) is 0.574. The van der Waals surface area contributed by atoms with Gasteiger partial charge in [0.2, 0.25) is 0 Å². The van der Waals surface area contributed by atoms with Gasteiger partial charge in [-0.05, 0) is 58.4 Å². The van der Waals surface area contributed by atoms with Crippen LogP contribution in [0.25, 0.3) is 0 Å². The number of carbonyl (C=O) groups excluding carboxylic acids is 1. The summed E-state index contributed by atoms with van der Waals surface area (Å²) in [5, 5.41) is 0.756. The normalized spacial score (nSPS) is 10.2. The lowest BCUT2D eigenvalue weighted by atomic mass is 10.0. The van der Waals surface area contributed by atoms with Crippen molar-refractivity contribution < 1.29 is 14.3 Å². The Labute approximate surface area is 140 Å². The van der Waals surface area contributed by atoms with Crippen molar-refractivity contribution >= 4 is 37.6 Å². The van der Waals surface area contributed by atoms with Gasteiger partial charge in [0.25, 0.3) is 0 Å². The highest BCUT2D eigenvalue weighted by atomic mass is 79.9. The molecule has 2 rings (SSSR count). The molecule has 0 spiro atoms. The highest BCUT2D eigenvalue weighted by molar-refractivity contribution is 9.10. The summed E-state index contributed by atoms with van der Waals surface area (Å²) in [7, 11) is 1.60. The lowest BCUT2D eigenvalue weighted by Crippen LogP contribution is -2.03. The molecule has 0 heterocycles. The number of alkyl halides is 1. The minimum Gasteiger partial charge on any atom is -0.497 e. The Hall–Kier alpha value is -1.33. The summed E-state index contributed by atoms with van der Waals surface area (Å²) in [6, 6.07) is 12.4. The molecular weight excluding hydrogens is 400 g/mol. The fourth-order valence-electron chi connectivity index (χ4n) is 1.82. The first-order valence-corrected chi connectivity index (χ1v) is 8.24. The van der Waals surface area contributed by atoms with E-state index >= 15 is 0 Å². The van der Waals surface area contributed by atoms with Gasteiger partial charge in [-0.25, -0.2) is 0 Å². The molecular formula is C16H14Br2O3. The third kappa shape index (κ3) is 4.08. The van der Waals surface area contributed by atoms with Crippen LogP contribution in [0.1, 0.15) is 15.9 Å². The standard InChI is InChI=1S/C16H14Br2O3/c1-20-13-5-2-11(3-6-13)16(19)12-4-7-15(14(18)10-12)21-9-8-17/h2-7,10H,8-9H2,1H3. The molecule has 0 aliphatic carbocycles. The molecule has 0 bridgehead atoms. The maximum absolute atomic E-state index is 12.4. The zero-order chi connectivity index (χ0) is 15.2. The Balaban J connectivity index is 2.20. The van der Waals surface area contributed by atoms with E-state index in [1.807, 2.05) is 0 Å². The lowest BCUT2D eigenvalue weighted by Gasteiger charge is -2.08. The highest BCUT2D eigenvalue weighted by Gasteiger charge is 2.11. The predicted molar refractivity (Wildman–Crippen MR) is 89.9 cm³/mol. The SMILES string of the molecule is COc1ccc(C(=O)c2ccc(OCCBr)c(Br)c2)cc1. The van der Waals surface area contributed by atoms with E-state index in [1.54, 1.807) is 49.6 Å². The third-order valence-corrected chi connectivity index (χ3v) is 3.82. The number of hydrogen-bond donors (Lipinski definition) is 0. The third-order valence-electron chi connectivity index (χ3n) is 2.88. The van der Waals surface area contributed by atoms with Crippen molar-refractivity contribution in [3.05, 3.63) is 58.1 Å². The van der Waals surface area contributed by atoms with E-state index < -0.39 is 0 Å². The second kappa shape index (κ2) is 7.61. The van der Waals surface area contributed by atoms with E-state index in [0.29, 0.717) is 17.7 Å². The summed E-state index contributed by atoms with van der Waals surface area (Å²) >= 11 is 6.74. The Morgan fingerprint density at radius 1 is 1.10 bits per heavy atom. The molecule has 2 aromatic rings. The first-order valence-electron chi connectivity index (χ1n) is 6.32. The van der Waals surface area contributed by atoms with Crippen LogP contribution in [0, 0.1) is 0 Å². The summed E-state index contributed by atoms with van der Waals surface area (Å²) in [5.41, 5.74) is 1.23. The van der Waals surface area contributed by atoms with Gasteiger partial charge in [0.1, 0.15) is 11.5 Å². The number of methoxy groups -OCH3 is 1. The molecule has 0 fully saturated rings. The molecule has 0 aliphatic heterocycles. The summed E-state index contributed by atoms with van der Waals surface area (Å²) in [5.74, 6) is 1.41. The van der Waals surface area contributed by atoms with Crippen LogP contribution in [0.15, 0.2) is 46.9 Å². The van der Waals surface area contributed by atoms with E-state index in [-0.39, 0.29) is 5.78 Å². The van der Waals surface area contributed by atoms with Crippen LogP contribution >= 0.6 is 31.9 Å². The van der Waals surface area contributed by atoms with Gasteiger partial charge in [-0.2, -0.15) is 0 Å². The number of benzene rings is 2. The Morgan fingerprint density at radius 2 is 1.76 bits per heavy atom. The predicted octanol–water partition coefficient (Wildman–Crippen LogP) is 4.46. The molecule has 0 saturated heterocycles. The summed E-state index contributed by atoms with van der Waals surface area (Å²) in [6.07, 6.45) is 0. The van der Waals surface area contributed by atoms with Gasteiger partial charge >= 0.3 is 0 Å². The number of rotatable bonds is 6. The molecule has 0 radical (unpaired) electrons. The summed E-state index contributed by atoms with van der Waals surface area (Å²) < 4.78 is 11.4. The molecule has 110 valence electrons. The topological polar surface area (TPSA) is 35.5 Å². The van der Waals surface area contributed by atoms with E-state index in [0.717, 1.165) is 21.3 Å². The molecule has 0 atom stereocenters. The van der Waals surface area contributed by atoms with Crippen molar-refractivity contribution in [2.75, 3.05) is 19.0 Å². The van der Waals surface area contributed by atoms with Gasteiger partial charge < -0.3 is 9.47 Å². The second-order valence-corrected chi connectivity index (χ2v) is 5.89. The Kier molecular flexibility index (Phi) is 5.82. The zero-order valence-corrected chi connectivity index (χ0v) is 14.6. The average molecular weight is 414 g/mol. The molecule has 3 nitrogen and oxygen atoms in total. The molecule has 0 unspecified atom stereocenters. The van der Waals surface area contributed by atoms with Crippen LogP contribution in [0.5, 0.6) is 11.5 Å². The molecule has 0 aliphatic rings.